The van der Waals surface area contributed by atoms with Gasteiger partial charge in [-0.25, -0.2) is 4.98 Å². The van der Waals surface area contributed by atoms with Gasteiger partial charge in [0.05, 0.1) is 24.0 Å². The lowest BCUT2D eigenvalue weighted by molar-refractivity contribution is 0.281. The predicted octanol–water partition coefficient (Wildman–Crippen LogP) is 1.36. The first-order chi connectivity index (χ1) is 5.83. The van der Waals surface area contributed by atoms with Crippen molar-refractivity contribution in [1.29, 1.82) is 0 Å². The van der Waals surface area contributed by atoms with Crippen molar-refractivity contribution >= 4 is 11.0 Å². The minimum Gasteiger partial charge on any atom is -0.392 e. The molecule has 0 atom stereocenters. The van der Waals surface area contributed by atoms with Crippen LogP contribution in [0.5, 0.6) is 0 Å². The molecule has 0 aliphatic rings. The van der Waals surface area contributed by atoms with E-state index in [1.807, 2.05) is 19.1 Å². The van der Waals surface area contributed by atoms with E-state index >= 15 is 0 Å². The SMILES string of the molecule is Cc1c(CO)ccc2[nH]cnc12. The van der Waals surface area contributed by atoms with Crippen molar-refractivity contribution in [3.05, 3.63) is 29.6 Å². The van der Waals surface area contributed by atoms with Crippen LogP contribution in [-0.4, -0.2) is 15.1 Å². The van der Waals surface area contributed by atoms with Gasteiger partial charge in [-0.2, -0.15) is 0 Å². The van der Waals surface area contributed by atoms with Gasteiger partial charge in [-0.3, -0.25) is 0 Å². The lowest BCUT2D eigenvalue weighted by Gasteiger charge is -2.01. The summed E-state index contributed by atoms with van der Waals surface area (Å²) in [7, 11) is 0. The Balaban J connectivity index is 2.78. The number of aliphatic hydroxyl groups is 1. The van der Waals surface area contributed by atoms with Crippen LogP contribution in [0.1, 0.15) is 11.1 Å². The molecule has 0 bridgehead atoms. The molecule has 0 spiro atoms. The number of hydrogen-bond donors (Lipinski definition) is 2. The molecule has 1 aromatic heterocycles. The highest BCUT2D eigenvalue weighted by Gasteiger charge is 2.03. The lowest BCUT2D eigenvalue weighted by atomic mass is 10.1. The van der Waals surface area contributed by atoms with Crippen molar-refractivity contribution in [2.45, 2.75) is 13.5 Å². The van der Waals surface area contributed by atoms with Gasteiger partial charge in [0.1, 0.15) is 0 Å². The van der Waals surface area contributed by atoms with Gasteiger partial charge in [0.2, 0.25) is 0 Å². The molecule has 0 aliphatic heterocycles. The summed E-state index contributed by atoms with van der Waals surface area (Å²) in [4.78, 5) is 7.18. The minimum atomic E-state index is 0.0780. The molecule has 0 saturated carbocycles. The highest BCUT2D eigenvalue weighted by atomic mass is 16.3. The van der Waals surface area contributed by atoms with Crippen molar-refractivity contribution in [3.8, 4) is 0 Å². The maximum Gasteiger partial charge on any atom is 0.0931 e. The van der Waals surface area contributed by atoms with Gasteiger partial charge in [0, 0.05) is 0 Å². The largest absolute Gasteiger partial charge is 0.392 e. The Morgan fingerprint density at radius 2 is 2.33 bits per heavy atom. The normalized spacial score (nSPS) is 10.8. The van der Waals surface area contributed by atoms with Gasteiger partial charge >= 0.3 is 0 Å². The zero-order chi connectivity index (χ0) is 8.55. The second-order valence-corrected chi connectivity index (χ2v) is 2.81. The number of nitrogens with zero attached hydrogens (tertiary/aromatic N) is 1. The zero-order valence-electron chi connectivity index (χ0n) is 6.83. The number of aryl methyl sites for hydroxylation is 1. The molecule has 0 saturated heterocycles. The molecule has 62 valence electrons. The van der Waals surface area contributed by atoms with E-state index < -0.39 is 0 Å². The topological polar surface area (TPSA) is 48.9 Å². The molecule has 3 heteroatoms. The lowest BCUT2D eigenvalue weighted by Crippen LogP contribution is -1.88. The molecule has 12 heavy (non-hydrogen) atoms. The molecule has 0 radical (unpaired) electrons. The summed E-state index contributed by atoms with van der Waals surface area (Å²) in [6.07, 6.45) is 1.67. The Labute approximate surface area is 70.1 Å². The molecule has 0 unspecified atom stereocenters. The van der Waals surface area contributed by atoms with Crippen molar-refractivity contribution in [3.63, 3.8) is 0 Å². The third kappa shape index (κ3) is 0.905. The van der Waals surface area contributed by atoms with Crippen LogP contribution in [0.2, 0.25) is 0 Å². The number of aromatic amines is 1. The van der Waals surface area contributed by atoms with Crippen LogP contribution in [0.25, 0.3) is 11.0 Å². The van der Waals surface area contributed by atoms with Gasteiger partial charge < -0.3 is 10.1 Å². The van der Waals surface area contributed by atoms with Crippen LogP contribution in [0.3, 0.4) is 0 Å². The molecule has 2 N–H and O–H groups in total. The fourth-order valence-corrected chi connectivity index (χ4v) is 1.36. The van der Waals surface area contributed by atoms with Crippen molar-refractivity contribution in [1.82, 2.24) is 9.97 Å². The van der Waals surface area contributed by atoms with Crippen molar-refractivity contribution in [2.75, 3.05) is 0 Å². The summed E-state index contributed by atoms with van der Waals surface area (Å²) in [6.45, 7) is 2.04. The summed E-state index contributed by atoms with van der Waals surface area (Å²) in [5.74, 6) is 0. The Hall–Kier alpha value is -1.35. The summed E-state index contributed by atoms with van der Waals surface area (Å²) < 4.78 is 0. The number of imidazole rings is 1. The average Bonchev–Trinajstić information content (AvgIpc) is 2.53. The average molecular weight is 162 g/mol. The number of H-pyrrole nitrogens is 1. The number of fused-ring (bicyclic) bond motifs is 1. The van der Waals surface area contributed by atoms with E-state index in [0.717, 1.165) is 22.2 Å². The van der Waals surface area contributed by atoms with E-state index in [4.69, 9.17) is 5.11 Å². The molecule has 1 heterocycles. The maximum absolute atomic E-state index is 8.98. The van der Waals surface area contributed by atoms with Crippen LogP contribution in [0.15, 0.2) is 18.5 Å². The fraction of sp³-hybridized carbons (Fsp3) is 0.222. The highest BCUT2D eigenvalue weighted by Crippen LogP contribution is 2.17. The summed E-state index contributed by atoms with van der Waals surface area (Å²) in [5.41, 5.74) is 3.96. The minimum absolute atomic E-state index is 0.0780. The zero-order valence-corrected chi connectivity index (χ0v) is 6.83. The van der Waals surface area contributed by atoms with Crippen molar-refractivity contribution < 1.29 is 5.11 Å². The second-order valence-electron chi connectivity index (χ2n) is 2.81. The summed E-state index contributed by atoms with van der Waals surface area (Å²) in [6, 6.07) is 3.84. The molecule has 0 aliphatic carbocycles. The monoisotopic (exact) mass is 162 g/mol. The van der Waals surface area contributed by atoms with Gasteiger partial charge in [-0.15, -0.1) is 0 Å². The van der Waals surface area contributed by atoms with Gasteiger partial charge in [-0.1, -0.05) is 6.07 Å². The van der Waals surface area contributed by atoms with Crippen LogP contribution in [0, 0.1) is 6.92 Å². The van der Waals surface area contributed by atoms with E-state index in [-0.39, 0.29) is 6.61 Å². The van der Waals surface area contributed by atoms with E-state index in [1.54, 1.807) is 6.33 Å². The van der Waals surface area contributed by atoms with E-state index in [9.17, 15) is 0 Å². The third-order valence-electron chi connectivity index (χ3n) is 2.13. The Morgan fingerprint density at radius 1 is 1.50 bits per heavy atom. The Morgan fingerprint density at radius 3 is 3.08 bits per heavy atom. The van der Waals surface area contributed by atoms with Crippen LogP contribution in [-0.2, 0) is 6.61 Å². The number of nitrogens with one attached hydrogen (secondary N) is 1. The molecule has 2 rings (SSSR count). The first-order valence-electron chi connectivity index (χ1n) is 3.85. The molecule has 0 amide bonds. The van der Waals surface area contributed by atoms with Gasteiger partial charge in [0.15, 0.2) is 0 Å². The first-order valence-corrected chi connectivity index (χ1v) is 3.85. The summed E-state index contributed by atoms with van der Waals surface area (Å²) in [5, 5.41) is 8.98. The Kier molecular flexibility index (Phi) is 1.59. The maximum atomic E-state index is 8.98. The molecular formula is C9H10N2O. The second kappa shape index (κ2) is 2.60. The van der Waals surface area contributed by atoms with Crippen LogP contribution in [0.4, 0.5) is 0 Å². The van der Waals surface area contributed by atoms with E-state index in [1.165, 1.54) is 0 Å². The molecule has 0 fully saturated rings. The predicted molar refractivity (Wildman–Crippen MR) is 46.8 cm³/mol. The van der Waals surface area contributed by atoms with Gasteiger partial charge in [-0.05, 0) is 24.1 Å². The highest BCUT2D eigenvalue weighted by molar-refractivity contribution is 5.79. The molecule has 2 aromatic rings. The van der Waals surface area contributed by atoms with Crippen LogP contribution >= 0.6 is 0 Å². The standard InChI is InChI=1S/C9H10N2O/c1-6-7(4-12)2-3-8-9(6)11-5-10-8/h2-3,5,12H,4H2,1H3,(H,10,11). The first kappa shape index (κ1) is 7.31. The number of aromatic nitrogens is 2. The molecule has 3 nitrogen and oxygen atoms in total. The van der Waals surface area contributed by atoms with E-state index in [0.29, 0.717) is 0 Å². The van der Waals surface area contributed by atoms with E-state index in [2.05, 4.69) is 9.97 Å². The number of hydrogen-bond acceptors (Lipinski definition) is 2. The fourth-order valence-electron chi connectivity index (χ4n) is 1.36. The smallest absolute Gasteiger partial charge is 0.0931 e. The number of aliphatic hydroxyl groups excluding tert-OH is 1. The van der Waals surface area contributed by atoms with Gasteiger partial charge in [0.25, 0.3) is 0 Å². The Bertz CT molecular complexity index is 406. The number of benzene rings is 1. The summed E-state index contributed by atoms with van der Waals surface area (Å²) >= 11 is 0. The quantitative estimate of drug-likeness (QED) is 0.665. The van der Waals surface area contributed by atoms with Crippen LogP contribution < -0.4 is 0 Å². The third-order valence-corrected chi connectivity index (χ3v) is 2.13. The van der Waals surface area contributed by atoms with Crippen molar-refractivity contribution in [2.24, 2.45) is 0 Å². The number of rotatable bonds is 1. The molecular weight excluding hydrogens is 152 g/mol. The molecule has 1 aromatic carbocycles.